The molecule has 23 heavy (non-hydrogen) atoms. The first-order valence-electron chi connectivity index (χ1n) is 7.78. The first-order valence-corrected chi connectivity index (χ1v) is 8.16. The summed E-state index contributed by atoms with van der Waals surface area (Å²) < 4.78 is 0. The second kappa shape index (κ2) is 6.69. The van der Waals surface area contributed by atoms with Crippen molar-refractivity contribution in [1.82, 2.24) is 5.32 Å². The quantitative estimate of drug-likeness (QED) is 0.611. The van der Waals surface area contributed by atoms with E-state index in [1.165, 1.54) is 18.4 Å². The van der Waals surface area contributed by atoms with Crippen molar-refractivity contribution in [2.75, 3.05) is 0 Å². The highest BCUT2D eigenvalue weighted by molar-refractivity contribution is 6.30. The molecule has 0 aromatic heterocycles. The van der Waals surface area contributed by atoms with E-state index >= 15 is 0 Å². The number of rotatable bonds is 6. The molecule has 1 aliphatic rings. The molecular weight excluding hydrogens is 312 g/mol. The van der Waals surface area contributed by atoms with Crippen molar-refractivity contribution in [2.24, 2.45) is 5.92 Å². The van der Waals surface area contributed by atoms with Gasteiger partial charge in [0.05, 0.1) is 4.92 Å². The molecule has 1 N–H and O–H groups in total. The summed E-state index contributed by atoms with van der Waals surface area (Å²) in [6, 6.07) is 13.4. The third-order valence-corrected chi connectivity index (χ3v) is 4.70. The molecule has 1 atom stereocenters. The molecule has 0 aliphatic heterocycles. The Labute approximate surface area is 140 Å². The summed E-state index contributed by atoms with van der Waals surface area (Å²) in [6.45, 7) is 2.43. The molecule has 2 aromatic carbocycles. The molecule has 2 aromatic rings. The van der Waals surface area contributed by atoms with E-state index in [1.807, 2.05) is 25.1 Å². The number of nitrogens with zero attached hydrogens (tertiary/aromatic N) is 1. The zero-order chi connectivity index (χ0) is 16.4. The maximum atomic E-state index is 11.1. The van der Waals surface area contributed by atoms with Crippen molar-refractivity contribution in [3.8, 4) is 0 Å². The number of nitrogens with one attached hydrogen (secondary N) is 1. The smallest absolute Gasteiger partial charge is 0.272 e. The number of hydrogen-bond acceptors (Lipinski definition) is 3. The van der Waals surface area contributed by atoms with Crippen LogP contribution in [0.3, 0.4) is 0 Å². The lowest BCUT2D eigenvalue weighted by Crippen LogP contribution is -2.23. The van der Waals surface area contributed by atoms with Crippen LogP contribution in [0.1, 0.15) is 35.6 Å². The van der Waals surface area contributed by atoms with Gasteiger partial charge in [0.15, 0.2) is 0 Å². The van der Waals surface area contributed by atoms with Crippen LogP contribution in [-0.4, -0.2) is 4.92 Å². The second-order valence-electron chi connectivity index (χ2n) is 6.07. The van der Waals surface area contributed by atoms with Gasteiger partial charge in [-0.25, -0.2) is 0 Å². The van der Waals surface area contributed by atoms with Gasteiger partial charge >= 0.3 is 0 Å². The molecule has 0 spiro atoms. The fourth-order valence-electron chi connectivity index (χ4n) is 2.94. The summed E-state index contributed by atoms with van der Waals surface area (Å²) in [5.41, 5.74) is 3.10. The Bertz CT molecular complexity index is 711. The molecule has 3 rings (SSSR count). The van der Waals surface area contributed by atoms with Gasteiger partial charge in [-0.2, -0.15) is 0 Å². The summed E-state index contributed by atoms with van der Waals surface area (Å²) in [7, 11) is 0. The number of hydrogen-bond donors (Lipinski definition) is 1. The highest BCUT2D eigenvalue weighted by Gasteiger charge is 2.32. The van der Waals surface area contributed by atoms with Crippen molar-refractivity contribution in [1.29, 1.82) is 0 Å². The van der Waals surface area contributed by atoms with Crippen molar-refractivity contribution < 1.29 is 4.92 Å². The number of halogens is 1. The van der Waals surface area contributed by atoms with E-state index in [0.717, 1.165) is 16.1 Å². The number of benzene rings is 2. The molecule has 0 saturated heterocycles. The number of nitro benzene ring substituents is 1. The zero-order valence-corrected chi connectivity index (χ0v) is 13.7. The normalized spacial score (nSPS) is 15.4. The zero-order valence-electron chi connectivity index (χ0n) is 13.0. The summed E-state index contributed by atoms with van der Waals surface area (Å²) in [5.74, 6) is 0.634. The lowest BCUT2D eigenvalue weighted by atomic mass is 10.0. The molecule has 4 nitrogen and oxygen atoms in total. The predicted molar refractivity (Wildman–Crippen MR) is 91.6 cm³/mol. The van der Waals surface area contributed by atoms with Crippen LogP contribution in [0.15, 0.2) is 42.5 Å². The van der Waals surface area contributed by atoms with Gasteiger partial charge < -0.3 is 5.32 Å². The molecule has 0 radical (unpaired) electrons. The largest absolute Gasteiger partial charge is 0.306 e. The highest BCUT2D eigenvalue weighted by atomic mass is 35.5. The number of nitro groups is 1. The fraction of sp³-hybridized carbons (Fsp3) is 0.333. The molecule has 0 bridgehead atoms. The fourth-order valence-corrected chi connectivity index (χ4v) is 3.06. The second-order valence-corrected chi connectivity index (χ2v) is 6.50. The Morgan fingerprint density at radius 2 is 1.96 bits per heavy atom. The standard InChI is InChI=1S/C18H19ClN2O2/c1-12-15(3-2-4-17(12)21(22)23)11-20-18(13-5-6-13)14-7-9-16(19)10-8-14/h2-4,7-10,13,18,20H,5-6,11H2,1H3. The third kappa shape index (κ3) is 3.71. The first kappa shape index (κ1) is 16.0. The Kier molecular flexibility index (Phi) is 4.64. The summed E-state index contributed by atoms with van der Waals surface area (Å²) >= 11 is 5.97. The predicted octanol–water partition coefficient (Wildman–Crippen LogP) is 4.80. The Hall–Kier alpha value is -1.91. The van der Waals surface area contributed by atoms with Crippen LogP contribution in [-0.2, 0) is 6.54 Å². The average Bonchev–Trinajstić information content (AvgIpc) is 3.35. The van der Waals surface area contributed by atoms with Crippen LogP contribution in [0.2, 0.25) is 5.02 Å². The van der Waals surface area contributed by atoms with Gasteiger partial charge in [0, 0.05) is 29.2 Å². The van der Waals surface area contributed by atoms with Gasteiger partial charge in [-0.05, 0) is 48.9 Å². The molecule has 1 saturated carbocycles. The van der Waals surface area contributed by atoms with Gasteiger partial charge in [0.1, 0.15) is 0 Å². The Morgan fingerprint density at radius 3 is 2.57 bits per heavy atom. The minimum absolute atomic E-state index is 0.179. The van der Waals surface area contributed by atoms with Crippen molar-refractivity contribution in [3.63, 3.8) is 0 Å². The maximum Gasteiger partial charge on any atom is 0.272 e. The van der Waals surface area contributed by atoms with Gasteiger partial charge in [0.25, 0.3) is 5.69 Å². The minimum atomic E-state index is -0.323. The van der Waals surface area contributed by atoms with E-state index in [-0.39, 0.29) is 16.7 Å². The molecule has 120 valence electrons. The third-order valence-electron chi connectivity index (χ3n) is 4.45. The van der Waals surface area contributed by atoms with Crippen LogP contribution < -0.4 is 5.32 Å². The molecule has 0 amide bonds. The van der Waals surface area contributed by atoms with Crippen LogP contribution in [0.25, 0.3) is 0 Å². The van der Waals surface area contributed by atoms with Crippen LogP contribution >= 0.6 is 11.6 Å². The van der Waals surface area contributed by atoms with E-state index in [4.69, 9.17) is 11.6 Å². The molecule has 0 heterocycles. The Morgan fingerprint density at radius 1 is 1.26 bits per heavy atom. The van der Waals surface area contributed by atoms with Crippen molar-refractivity contribution in [2.45, 2.75) is 32.4 Å². The van der Waals surface area contributed by atoms with Gasteiger partial charge in [-0.3, -0.25) is 10.1 Å². The van der Waals surface area contributed by atoms with E-state index < -0.39 is 0 Å². The average molecular weight is 331 g/mol. The Balaban J connectivity index is 1.76. The summed E-state index contributed by atoms with van der Waals surface area (Å²) in [4.78, 5) is 10.7. The summed E-state index contributed by atoms with van der Waals surface area (Å²) in [6.07, 6.45) is 2.43. The molecule has 1 fully saturated rings. The maximum absolute atomic E-state index is 11.1. The van der Waals surface area contributed by atoms with Gasteiger partial charge in [-0.1, -0.05) is 35.9 Å². The SMILES string of the molecule is Cc1c(CNC(c2ccc(Cl)cc2)C2CC2)cccc1[N+](=O)[O-]. The van der Waals surface area contributed by atoms with Crippen LogP contribution in [0.5, 0.6) is 0 Å². The van der Waals surface area contributed by atoms with Gasteiger partial charge in [-0.15, -0.1) is 0 Å². The van der Waals surface area contributed by atoms with E-state index in [2.05, 4.69) is 17.4 Å². The van der Waals surface area contributed by atoms with Crippen molar-refractivity contribution in [3.05, 3.63) is 74.3 Å². The minimum Gasteiger partial charge on any atom is -0.306 e. The highest BCUT2D eigenvalue weighted by Crippen LogP contribution is 2.41. The monoisotopic (exact) mass is 330 g/mol. The topological polar surface area (TPSA) is 55.2 Å². The van der Waals surface area contributed by atoms with E-state index in [1.54, 1.807) is 12.1 Å². The van der Waals surface area contributed by atoms with E-state index in [0.29, 0.717) is 12.5 Å². The van der Waals surface area contributed by atoms with E-state index in [9.17, 15) is 10.1 Å². The summed E-state index contributed by atoms with van der Waals surface area (Å²) in [5, 5.41) is 15.4. The molecular formula is C18H19ClN2O2. The first-order chi connectivity index (χ1) is 11.1. The molecule has 1 unspecified atom stereocenters. The van der Waals surface area contributed by atoms with Crippen LogP contribution in [0, 0.1) is 23.0 Å². The molecule has 5 heteroatoms. The van der Waals surface area contributed by atoms with Gasteiger partial charge in [0.2, 0.25) is 0 Å². The molecule has 1 aliphatic carbocycles. The lowest BCUT2D eigenvalue weighted by Gasteiger charge is -2.19. The van der Waals surface area contributed by atoms with Crippen molar-refractivity contribution >= 4 is 17.3 Å². The van der Waals surface area contributed by atoms with Crippen LogP contribution in [0.4, 0.5) is 5.69 Å². The lowest BCUT2D eigenvalue weighted by molar-refractivity contribution is -0.385.